The molecule has 4 aromatic rings. The second kappa shape index (κ2) is 31.9. The van der Waals surface area contributed by atoms with E-state index < -0.39 is 164 Å². The normalized spacial score (nSPS) is 20.3. The van der Waals surface area contributed by atoms with E-state index in [1.165, 1.54) is 22.8 Å². The van der Waals surface area contributed by atoms with E-state index in [4.69, 9.17) is 19.2 Å². The van der Waals surface area contributed by atoms with E-state index in [1.54, 1.807) is 50.2 Å². The van der Waals surface area contributed by atoms with Gasteiger partial charge in [0, 0.05) is 60.7 Å². The van der Waals surface area contributed by atoms with Crippen LogP contribution in [0.4, 0.5) is 4.39 Å². The van der Waals surface area contributed by atoms with Crippen LogP contribution >= 0.6 is 0 Å². The quantitative estimate of drug-likeness (QED) is 0.00952. The maximum absolute atomic E-state index is 15.5. The smallest absolute Gasteiger partial charge is 0.343 e. The predicted octanol–water partition coefficient (Wildman–Crippen LogP) is -2.07. The molecule has 1 aliphatic carbocycles. The van der Waals surface area contributed by atoms with Crippen molar-refractivity contribution in [3.05, 3.63) is 110 Å². The van der Waals surface area contributed by atoms with E-state index in [0.717, 1.165) is 4.90 Å². The van der Waals surface area contributed by atoms with Gasteiger partial charge in [0.05, 0.1) is 73.8 Å². The molecule has 10 amide bonds. The predicted molar refractivity (Wildman–Crippen MR) is 334 cm³/mol. The van der Waals surface area contributed by atoms with Crippen LogP contribution in [0.25, 0.3) is 22.3 Å². The number of amides is 10. The zero-order chi connectivity index (χ0) is 69.0. The lowest BCUT2D eigenvalue weighted by atomic mass is 9.81. The average Bonchev–Trinajstić information content (AvgIpc) is 1.46. The molecule has 8 atom stereocenters. The number of ether oxygens (including phenoxy) is 3. The Bertz CT molecular complexity index is 3770. The molecule has 1 saturated heterocycles. The summed E-state index contributed by atoms with van der Waals surface area (Å²) >= 11 is 0. The van der Waals surface area contributed by atoms with Crippen LogP contribution in [0.1, 0.15) is 116 Å². The van der Waals surface area contributed by atoms with Gasteiger partial charge in [-0.1, -0.05) is 43.7 Å². The number of hydrogen-bond acceptors (Lipinski definition) is 20. The molecule has 1 fully saturated rings. The molecule has 514 valence electrons. The number of carbonyl (C=O) groups is 11. The summed E-state index contributed by atoms with van der Waals surface area (Å²) in [6.07, 6.45) is -0.252. The highest BCUT2D eigenvalue weighted by Gasteiger charge is 2.47. The maximum atomic E-state index is 15.5. The zero-order valence-electron chi connectivity index (χ0n) is 52.9. The Balaban J connectivity index is 0.729. The number of hydrogen-bond donors (Lipinski definition) is 12. The van der Waals surface area contributed by atoms with Crippen LogP contribution in [0.2, 0.25) is 0 Å². The van der Waals surface area contributed by atoms with Gasteiger partial charge in [0.2, 0.25) is 47.3 Å². The first-order valence-corrected chi connectivity index (χ1v) is 31.8. The summed E-state index contributed by atoms with van der Waals surface area (Å²) in [6, 6.07) is 8.34. The van der Waals surface area contributed by atoms with Gasteiger partial charge in [0.25, 0.3) is 17.4 Å². The SMILES string of the molecule is CC[C@@]1(O)C(=O)OCc2c1cc1n(c2=O)Cc2c-1nc1cc(F)c(C)c3c1c2[C@@H](NC(=O)COCNC(=O)CNC(=O)[C@H](Cc1ccccc1)NC(=O)CNC(=O)CNC(=O)[C@H](CCCCNC(=O)C[C@@H]1O[C@H](CO)[C@@H](O)[C@H]1O)NC(=O)CCCCCN1C(=O)C=CC1=O)CC3. The van der Waals surface area contributed by atoms with Crippen molar-refractivity contribution in [2.24, 2.45) is 0 Å². The summed E-state index contributed by atoms with van der Waals surface area (Å²) < 4.78 is 33.0. The largest absolute Gasteiger partial charge is 0.458 e. The maximum Gasteiger partial charge on any atom is 0.343 e. The number of imide groups is 1. The zero-order valence-corrected chi connectivity index (χ0v) is 52.9. The van der Waals surface area contributed by atoms with Gasteiger partial charge in [-0.15, -0.1) is 0 Å². The number of rotatable bonds is 32. The number of aliphatic hydroxyl groups is 4. The Morgan fingerprint density at radius 2 is 1.46 bits per heavy atom. The molecular formula is C65H78FN11O19. The number of halogens is 1. The molecule has 6 heterocycles. The highest BCUT2D eigenvalue weighted by atomic mass is 19.1. The third kappa shape index (κ3) is 16.6. The minimum absolute atomic E-state index is 0.0147. The van der Waals surface area contributed by atoms with Crippen molar-refractivity contribution in [1.82, 2.24) is 57.0 Å². The average molecular weight is 1340 g/mol. The molecule has 12 N–H and O–H groups in total. The number of esters is 1. The van der Waals surface area contributed by atoms with E-state index >= 15 is 4.39 Å². The first-order chi connectivity index (χ1) is 46.0. The lowest BCUT2D eigenvalue weighted by molar-refractivity contribution is -0.172. The van der Waals surface area contributed by atoms with Gasteiger partial charge in [-0.05, 0) is 86.6 Å². The number of fused-ring (bicyclic) bond motifs is 5. The van der Waals surface area contributed by atoms with E-state index in [-0.39, 0.29) is 81.4 Å². The second-order valence-electron chi connectivity index (χ2n) is 24.1. The van der Waals surface area contributed by atoms with Gasteiger partial charge in [0.1, 0.15) is 56.2 Å². The summed E-state index contributed by atoms with van der Waals surface area (Å²) in [6.45, 7) is -0.208. The molecule has 31 heteroatoms. The number of carbonyl (C=O) groups excluding carboxylic acids is 11. The molecule has 0 spiro atoms. The number of nitrogens with zero attached hydrogens (tertiary/aromatic N) is 3. The van der Waals surface area contributed by atoms with Gasteiger partial charge in [-0.2, -0.15) is 0 Å². The first kappa shape index (κ1) is 70.9. The fraction of sp³-hybridized carbons (Fsp3) is 0.492. The highest BCUT2D eigenvalue weighted by molar-refractivity contribution is 6.12. The molecule has 5 aliphatic rings. The summed E-state index contributed by atoms with van der Waals surface area (Å²) in [7, 11) is 0. The van der Waals surface area contributed by atoms with Crippen molar-refractivity contribution in [2.75, 3.05) is 52.7 Å². The lowest BCUT2D eigenvalue weighted by Crippen LogP contribution is -2.53. The number of aryl methyl sites for hydroxylation is 1. The van der Waals surface area contributed by atoms with Crippen LogP contribution < -0.4 is 48.1 Å². The van der Waals surface area contributed by atoms with Crippen molar-refractivity contribution in [3.63, 3.8) is 0 Å². The Hall–Kier alpha value is -9.40. The Morgan fingerprint density at radius 3 is 2.17 bits per heavy atom. The fourth-order valence-electron chi connectivity index (χ4n) is 12.4. The minimum Gasteiger partial charge on any atom is -0.458 e. The number of benzene rings is 2. The molecule has 2 aromatic heterocycles. The van der Waals surface area contributed by atoms with Crippen molar-refractivity contribution < 1.29 is 91.8 Å². The van der Waals surface area contributed by atoms with Gasteiger partial charge in [-0.3, -0.25) is 57.6 Å². The lowest BCUT2D eigenvalue weighted by Gasteiger charge is -2.31. The molecule has 0 unspecified atom stereocenters. The Morgan fingerprint density at radius 1 is 0.771 bits per heavy atom. The van der Waals surface area contributed by atoms with Crippen LogP contribution in [0, 0.1) is 12.7 Å². The number of pyridine rings is 2. The van der Waals surface area contributed by atoms with Crippen LogP contribution in [0.3, 0.4) is 0 Å². The second-order valence-corrected chi connectivity index (χ2v) is 24.1. The molecule has 0 radical (unpaired) electrons. The van der Waals surface area contributed by atoms with Crippen molar-refractivity contribution in [2.45, 2.75) is 152 Å². The standard InChI is InChI=1S/C65H78FN11O19/c1-3-65(93)39-23-45-58-37(29-77(45)63(91)38(39)31-95-64(65)92)57-41(17-16-36-34(2)40(66)24-43(75-58)56(36)57)72-53(84)32-94-33-71-51(82)27-70-62(90)44(22-35-12-6-4-7-13-35)74-52(83)28-68-50(81)26-69-61(89)42(73-48(79)15-8-5-11-21-76-54(85)18-19-55(76)86)14-9-10-20-67-49(80)25-46-59(87)60(88)47(30-78)96-46/h4,6-7,12-13,18-19,23-24,41-42,44,46-47,59-60,78,87-88,93H,3,5,8-11,14-17,20-22,25-33H2,1-2H3,(H,67,80)(H,68,81)(H,69,89)(H,70,90)(H,71,82)(H,72,84)(H,73,79)(H,74,83)/t41-,42-,44-,46-,47+,59-,60+,65-/m0/s1. The molecule has 0 bridgehead atoms. The molecule has 4 aliphatic heterocycles. The van der Waals surface area contributed by atoms with Gasteiger partial charge < -0.3 is 81.7 Å². The van der Waals surface area contributed by atoms with Crippen LogP contribution in [0.5, 0.6) is 0 Å². The number of cyclic esters (lactones) is 1. The van der Waals surface area contributed by atoms with E-state index in [9.17, 15) is 78.0 Å². The summed E-state index contributed by atoms with van der Waals surface area (Å²) in [5.41, 5.74) is 1.53. The van der Waals surface area contributed by atoms with Crippen LogP contribution in [0.15, 0.2) is 59.4 Å². The fourth-order valence-corrected chi connectivity index (χ4v) is 12.4. The molecule has 2 aromatic carbocycles. The molecule has 96 heavy (non-hydrogen) atoms. The monoisotopic (exact) mass is 1340 g/mol. The van der Waals surface area contributed by atoms with Crippen molar-refractivity contribution in [1.29, 1.82) is 0 Å². The van der Waals surface area contributed by atoms with E-state index in [0.29, 0.717) is 83.1 Å². The van der Waals surface area contributed by atoms with E-state index in [1.807, 2.05) is 0 Å². The van der Waals surface area contributed by atoms with E-state index in [2.05, 4.69) is 42.5 Å². The number of nitrogens with one attached hydrogen (secondary N) is 8. The van der Waals surface area contributed by atoms with Gasteiger partial charge in [0.15, 0.2) is 5.60 Å². The number of aromatic nitrogens is 2. The highest BCUT2D eigenvalue weighted by Crippen LogP contribution is 2.46. The summed E-state index contributed by atoms with van der Waals surface area (Å²) in [4.78, 5) is 162. The van der Waals surface area contributed by atoms with Crippen molar-refractivity contribution >= 4 is 75.9 Å². The third-order valence-electron chi connectivity index (χ3n) is 17.7. The van der Waals surface area contributed by atoms with Crippen molar-refractivity contribution in [3.8, 4) is 11.4 Å². The summed E-state index contributed by atoms with van der Waals surface area (Å²) in [5.74, 6) is -7.68. The van der Waals surface area contributed by atoms with Crippen LogP contribution in [-0.2, 0) is 98.5 Å². The van der Waals surface area contributed by atoms with Crippen LogP contribution in [-0.4, -0.2) is 189 Å². The summed E-state index contributed by atoms with van der Waals surface area (Å²) in [5, 5.41) is 62.2. The first-order valence-electron chi connectivity index (χ1n) is 31.8. The molecule has 0 saturated carbocycles. The molecule has 30 nitrogen and oxygen atoms in total. The third-order valence-corrected chi connectivity index (χ3v) is 17.7. The Kier molecular flexibility index (Phi) is 23.6. The van der Waals surface area contributed by atoms with Gasteiger partial charge >= 0.3 is 5.97 Å². The molecular weight excluding hydrogens is 1260 g/mol. The topological polar surface area (TPSA) is 431 Å². The number of aliphatic hydroxyl groups excluding tert-OH is 3. The Labute approximate surface area is 548 Å². The number of unbranched alkanes of at least 4 members (excludes halogenated alkanes) is 3. The minimum atomic E-state index is -2.08. The van der Waals surface area contributed by atoms with Gasteiger partial charge in [-0.25, -0.2) is 14.2 Å². The molecule has 9 rings (SSSR count).